The molecule has 2 unspecified atom stereocenters. The number of aliphatic carboxylic acids is 1. The highest BCUT2D eigenvalue weighted by molar-refractivity contribution is 6.31. The maximum absolute atomic E-state index is 13.4. The van der Waals surface area contributed by atoms with Crippen LogP contribution < -0.4 is 5.73 Å². The van der Waals surface area contributed by atoms with Crippen LogP contribution in [0.1, 0.15) is 45.2 Å². The second-order valence-corrected chi connectivity index (χ2v) is 8.11. The Bertz CT molecular complexity index is 1190. The van der Waals surface area contributed by atoms with Crippen LogP contribution in [0.2, 0.25) is 5.02 Å². The molecule has 6 nitrogen and oxygen atoms in total. The van der Waals surface area contributed by atoms with Gasteiger partial charge in [-0.25, -0.2) is 4.79 Å². The molecule has 2 atom stereocenters. The van der Waals surface area contributed by atoms with Crippen molar-refractivity contribution >= 4 is 29.4 Å². The predicted octanol–water partition coefficient (Wildman–Crippen LogP) is 4.54. The summed E-state index contributed by atoms with van der Waals surface area (Å²) < 4.78 is 0. The van der Waals surface area contributed by atoms with Crippen molar-refractivity contribution in [2.75, 3.05) is 0 Å². The largest absolute Gasteiger partial charge is 0.480 e. The van der Waals surface area contributed by atoms with Crippen molar-refractivity contribution in [2.24, 2.45) is 5.73 Å². The van der Waals surface area contributed by atoms with Crippen LogP contribution in [0.4, 0.5) is 0 Å². The first-order chi connectivity index (χ1) is 15.4. The van der Waals surface area contributed by atoms with E-state index in [-0.39, 0.29) is 5.91 Å². The molecule has 1 fully saturated rings. The maximum atomic E-state index is 13.4. The van der Waals surface area contributed by atoms with Gasteiger partial charge in [-0.2, -0.15) is 0 Å². The van der Waals surface area contributed by atoms with Gasteiger partial charge in [0.15, 0.2) is 0 Å². The van der Waals surface area contributed by atoms with Gasteiger partial charge in [-0.3, -0.25) is 9.59 Å². The zero-order valence-corrected chi connectivity index (χ0v) is 17.8. The summed E-state index contributed by atoms with van der Waals surface area (Å²) in [7, 11) is 0. The summed E-state index contributed by atoms with van der Waals surface area (Å²) in [5.41, 5.74) is 8.47. The maximum Gasteiger partial charge on any atom is 0.326 e. The van der Waals surface area contributed by atoms with E-state index in [1.165, 1.54) is 4.90 Å². The standard InChI is InChI=1S/C25H21ClN2O4/c26-20-7-2-1-6-19(20)21-12-13-22(25(31)32)28(21)24(30)16-10-8-15(9-11-16)17-4-3-5-18(14-17)23(27)29/h1-11,14,21-22H,12-13H2,(H2,27,29)(H,31,32). The number of benzene rings is 3. The Labute approximate surface area is 190 Å². The monoisotopic (exact) mass is 448 g/mol. The van der Waals surface area contributed by atoms with Crippen LogP contribution in [0.3, 0.4) is 0 Å². The number of carboxylic acids is 1. The molecule has 0 spiro atoms. The Morgan fingerprint density at radius 3 is 2.25 bits per heavy atom. The highest BCUT2D eigenvalue weighted by Gasteiger charge is 2.42. The number of hydrogen-bond donors (Lipinski definition) is 2. The highest BCUT2D eigenvalue weighted by atomic mass is 35.5. The number of amides is 2. The minimum atomic E-state index is -1.03. The van der Waals surface area contributed by atoms with Crippen LogP contribution in [-0.2, 0) is 4.79 Å². The van der Waals surface area contributed by atoms with Gasteiger partial charge in [0.25, 0.3) is 5.91 Å². The summed E-state index contributed by atoms with van der Waals surface area (Å²) in [5.74, 6) is -1.91. The van der Waals surface area contributed by atoms with E-state index in [2.05, 4.69) is 0 Å². The molecule has 32 heavy (non-hydrogen) atoms. The second kappa shape index (κ2) is 8.85. The van der Waals surface area contributed by atoms with Gasteiger partial charge in [0.1, 0.15) is 6.04 Å². The number of rotatable bonds is 5. The molecule has 2 amide bonds. The Kier molecular flexibility index (Phi) is 5.97. The first-order valence-corrected chi connectivity index (χ1v) is 10.5. The van der Waals surface area contributed by atoms with E-state index >= 15 is 0 Å². The topological polar surface area (TPSA) is 101 Å². The summed E-state index contributed by atoms with van der Waals surface area (Å²) in [6, 6.07) is 19.6. The third-order valence-corrected chi connectivity index (χ3v) is 6.13. The smallest absolute Gasteiger partial charge is 0.326 e. The summed E-state index contributed by atoms with van der Waals surface area (Å²) in [6.45, 7) is 0. The summed E-state index contributed by atoms with van der Waals surface area (Å²) in [5, 5.41) is 10.2. The normalized spacial score (nSPS) is 17.8. The lowest BCUT2D eigenvalue weighted by Gasteiger charge is -2.29. The molecular weight excluding hydrogens is 428 g/mol. The van der Waals surface area contributed by atoms with E-state index in [4.69, 9.17) is 17.3 Å². The minimum Gasteiger partial charge on any atom is -0.480 e. The van der Waals surface area contributed by atoms with E-state index in [0.29, 0.717) is 29.0 Å². The molecule has 3 aromatic carbocycles. The molecule has 162 valence electrons. The number of halogens is 1. The molecule has 1 heterocycles. The number of carbonyl (C=O) groups excluding carboxylic acids is 2. The molecular formula is C25H21ClN2O4. The molecule has 3 N–H and O–H groups in total. The fourth-order valence-corrected chi connectivity index (χ4v) is 4.46. The Morgan fingerprint density at radius 2 is 1.59 bits per heavy atom. The van der Waals surface area contributed by atoms with Crippen molar-refractivity contribution < 1.29 is 19.5 Å². The number of primary amides is 1. The van der Waals surface area contributed by atoms with Crippen LogP contribution in [0.25, 0.3) is 11.1 Å². The lowest BCUT2D eigenvalue weighted by molar-refractivity contribution is -0.141. The summed E-state index contributed by atoms with van der Waals surface area (Å²) >= 11 is 6.35. The molecule has 0 aliphatic carbocycles. The first-order valence-electron chi connectivity index (χ1n) is 10.2. The number of carboxylic acid groups (broad SMARTS) is 1. The molecule has 7 heteroatoms. The Morgan fingerprint density at radius 1 is 0.875 bits per heavy atom. The summed E-state index contributed by atoms with van der Waals surface area (Å²) in [4.78, 5) is 38.1. The van der Waals surface area contributed by atoms with Crippen molar-refractivity contribution in [3.8, 4) is 11.1 Å². The van der Waals surface area contributed by atoms with Crippen LogP contribution in [0, 0.1) is 0 Å². The van der Waals surface area contributed by atoms with Gasteiger partial charge < -0.3 is 15.7 Å². The third-order valence-electron chi connectivity index (χ3n) is 5.78. The van der Waals surface area contributed by atoms with Gasteiger partial charge in [0.2, 0.25) is 5.91 Å². The van der Waals surface area contributed by atoms with Crippen LogP contribution in [0.15, 0.2) is 72.8 Å². The Hall–Kier alpha value is -3.64. The number of nitrogens with two attached hydrogens (primary N) is 1. The van der Waals surface area contributed by atoms with E-state index < -0.39 is 24.0 Å². The van der Waals surface area contributed by atoms with Crippen LogP contribution >= 0.6 is 11.6 Å². The average Bonchev–Trinajstić information content (AvgIpc) is 3.24. The van der Waals surface area contributed by atoms with E-state index in [1.807, 2.05) is 18.2 Å². The van der Waals surface area contributed by atoms with Crippen molar-refractivity contribution in [1.29, 1.82) is 0 Å². The highest BCUT2D eigenvalue weighted by Crippen LogP contribution is 2.40. The summed E-state index contributed by atoms with van der Waals surface area (Å²) in [6.07, 6.45) is 0.874. The van der Waals surface area contributed by atoms with Crippen LogP contribution in [-0.4, -0.2) is 33.8 Å². The molecule has 4 rings (SSSR count). The number of carbonyl (C=O) groups is 3. The lowest BCUT2D eigenvalue weighted by atomic mass is 10.0. The molecule has 1 aliphatic heterocycles. The van der Waals surface area contributed by atoms with Crippen molar-refractivity contribution in [3.05, 3.63) is 94.5 Å². The quantitative estimate of drug-likeness (QED) is 0.598. The van der Waals surface area contributed by atoms with Gasteiger partial charge in [0, 0.05) is 16.1 Å². The zero-order valence-electron chi connectivity index (χ0n) is 17.1. The van der Waals surface area contributed by atoms with Gasteiger partial charge in [-0.05, 0) is 59.9 Å². The minimum absolute atomic E-state index is 0.356. The number of hydrogen-bond acceptors (Lipinski definition) is 3. The number of likely N-dealkylation sites (tertiary alicyclic amines) is 1. The fraction of sp³-hybridized carbons (Fsp3) is 0.160. The molecule has 3 aromatic rings. The van der Waals surface area contributed by atoms with E-state index in [0.717, 1.165) is 16.7 Å². The molecule has 1 saturated heterocycles. The third kappa shape index (κ3) is 4.09. The fourth-order valence-electron chi connectivity index (χ4n) is 4.19. The van der Waals surface area contributed by atoms with Gasteiger partial charge in [0.05, 0.1) is 6.04 Å². The van der Waals surface area contributed by atoms with Gasteiger partial charge >= 0.3 is 5.97 Å². The SMILES string of the molecule is NC(=O)c1cccc(-c2ccc(C(=O)N3C(C(=O)O)CCC3c3ccccc3Cl)cc2)c1. The van der Waals surface area contributed by atoms with E-state index in [1.54, 1.807) is 54.6 Å². The first kappa shape index (κ1) is 21.6. The Balaban J connectivity index is 1.65. The molecule has 1 aliphatic rings. The second-order valence-electron chi connectivity index (χ2n) is 7.70. The zero-order chi connectivity index (χ0) is 22.8. The average molecular weight is 449 g/mol. The van der Waals surface area contributed by atoms with Gasteiger partial charge in [-0.15, -0.1) is 0 Å². The van der Waals surface area contributed by atoms with Crippen molar-refractivity contribution in [3.63, 3.8) is 0 Å². The number of nitrogens with zero attached hydrogens (tertiary/aromatic N) is 1. The van der Waals surface area contributed by atoms with Gasteiger partial charge in [-0.1, -0.05) is 54.1 Å². The van der Waals surface area contributed by atoms with Crippen molar-refractivity contribution in [2.45, 2.75) is 24.9 Å². The van der Waals surface area contributed by atoms with E-state index in [9.17, 15) is 19.5 Å². The van der Waals surface area contributed by atoms with Crippen LogP contribution in [0.5, 0.6) is 0 Å². The lowest BCUT2D eigenvalue weighted by Crippen LogP contribution is -2.41. The molecule has 0 aromatic heterocycles. The molecule has 0 bridgehead atoms. The van der Waals surface area contributed by atoms with Crippen molar-refractivity contribution in [1.82, 2.24) is 4.90 Å². The molecule has 0 radical (unpaired) electrons. The predicted molar refractivity (Wildman–Crippen MR) is 121 cm³/mol. The molecule has 0 saturated carbocycles.